The summed E-state index contributed by atoms with van der Waals surface area (Å²) in [5.74, 6) is -0.212. The monoisotopic (exact) mass is 361 g/mol. The summed E-state index contributed by atoms with van der Waals surface area (Å²) in [6, 6.07) is 0. The van der Waals surface area contributed by atoms with Crippen LogP contribution in [0.5, 0.6) is 0 Å². The summed E-state index contributed by atoms with van der Waals surface area (Å²) in [6.45, 7) is 7.27. The minimum Gasteiger partial charge on any atom is -0.393 e. The Balaban J connectivity index is 1.81. The van der Waals surface area contributed by atoms with Crippen LogP contribution >= 0.6 is 0 Å². The highest BCUT2D eigenvalue weighted by molar-refractivity contribution is 5.99. The number of aliphatic hydroxyl groups excluding tert-OH is 1. The first-order valence-corrected chi connectivity index (χ1v) is 9.16. The molecule has 1 fully saturated rings. The molecule has 0 spiro atoms. The molecule has 2 N–H and O–H groups in total. The molecule has 8 nitrogen and oxygen atoms in total. The van der Waals surface area contributed by atoms with Gasteiger partial charge in [-0.2, -0.15) is 5.10 Å². The normalized spacial score (nSPS) is 20.9. The summed E-state index contributed by atoms with van der Waals surface area (Å²) in [6.07, 6.45) is 6.36. The van der Waals surface area contributed by atoms with Crippen LogP contribution in [0.3, 0.4) is 0 Å². The van der Waals surface area contributed by atoms with Crippen molar-refractivity contribution in [1.29, 1.82) is 0 Å². The lowest BCUT2D eigenvalue weighted by Gasteiger charge is -2.37. The molecule has 8 heteroatoms. The zero-order chi connectivity index (χ0) is 18.7. The zero-order valence-corrected chi connectivity index (χ0v) is 15.4. The van der Waals surface area contributed by atoms with Crippen LogP contribution in [0.1, 0.15) is 42.6 Å². The number of rotatable bonds is 6. The number of piperidine rings is 1. The third kappa shape index (κ3) is 3.72. The lowest BCUT2D eigenvalue weighted by atomic mass is 9.93. The van der Waals surface area contributed by atoms with Gasteiger partial charge in [0.05, 0.1) is 19.3 Å². The second-order valence-corrected chi connectivity index (χ2v) is 6.96. The van der Waals surface area contributed by atoms with Crippen LogP contribution in [0.4, 0.5) is 0 Å². The largest absolute Gasteiger partial charge is 0.393 e. The topological polar surface area (TPSA) is 94.2 Å². The van der Waals surface area contributed by atoms with E-state index >= 15 is 0 Å². The van der Waals surface area contributed by atoms with E-state index in [1.807, 2.05) is 6.20 Å². The van der Waals surface area contributed by atoms with Gasteiger partial charge in [-0.15, -0.1) is 0 Å². The van der Waals surface area contributed by atoms with Gasteiger partial charge in [-0.3, -0.25) is 9.69 Å². The van der Waals surface area contributed by atoms with Gasteiger partial charge in [-0.05, 0) is 25.9 Å². The van der Waals surface area contributed by atoms with Crippen molar-refractivity contribution in [3.05, 3.63) is 29.7 Å². The molecule has 1 saturated heterocycles. The van der Waals surface area contributed by atoms with E-state index < -0.39 is 5.60 Å². The third-order valence-corrected chi connectivity index (χ3v) is 5.08. The molecule has 142 valence electrons. The van der Waals surface area contributed by atoms with Crippen molar-refractivity contribution in [3.8, 4) is 0 Å². The molecule has 2 aromatic heterocycles. The molecule has 26 heavy (non-hydrogen) atoms. The van der Waals surface area contributed by atoms with E-state index in [9.17, 15) is 15.0 Å². The first kappa shape index (κ1) is 18.8. The van der Waals surface area contributed by atoms with Crippen LogP contribution in [0.25, 0.3) is 5.65 Å². The minimum absolute atomic E-state index is 0.125. The van der Waals surface area contributed by atoms with E-state index in [2.05, 4.69) is 28.8 Å². The van der Waals surface area contributed by atoms with E-state index in [-0.39, 0.29) is 19.1 Å². The molecule has 1 atom stereocenters. The molecule has 3 rings (SSSR count). The summed E-state index contributed by atoms with van der Waals surface area (Å²) in [5, 5.41) is 24.0. The Morgan fingerprint density at radius 1 is 1.35 bits per heavy atom. The quantitative estimate of drug-likeness (QED) is 0.780. The molecule has 1 aliphatic rings. The number of carbonyl (C=O) groups excluding carboxylic acids is 1. The van der Waals surface area contributed by atoms with Crippen molar-refractivity contribution in [2.45, 2.75) is 38.8 Å². The number of β-amino-alcohol motifs (C(OH)–C–C–N with tert-alkyl or cyclic N) is 1. The molecule has 2 aromatic rings. The number of nitrogens with zero attached hydrogens (tertiary/aromatic N) is 5. The summed E-state index contributed by atoms with van der Waals surface area (Å²) in [5.41, 5.74) is 0.746. The number of aliphatic hydroxyl groups is 2. The van der Waals surface area contributed by atoms with Crippen LogP contribution in [0, 0.1) is 0 Å². The standard InChI is InChI=1S/C18H27N5O3/c1-3-21(4-2)10-14-8-19-16-15(9-20-23(16)11-14)17(25)22-7-5-6-18(26,12-22)13-24/h8-9,11,24,26H,3-7,10,12-13H2,1-2H3. The maximum Gasteiger partial charge on any atom is 0.259 e. The highest BCUT2D eigenvalue weighted by atomic mass is 16.3. The van der Waals surface area contributed by atoms with Crippen LogP contribution in [-0.2, 0) is 6.54 Å². The maximum atomic E-state index is 12.9. The second kappa shape index (κ2) is 7.69. The predicted octanol–water partition coefficient (Wildman–Crippen LogP) is 0.531. The molecule has 0 aliphatic carbocycles. The Morgan fingerprint density at radius 3 is 2.81 bits per heavy atom. The zero-order valence-electron chi connectivity index (χ0n) is 15.4. The number of amides is 1. The minimum atomic E-state index is -1.22. The third-order valence-electron chi connectivity index (χ3n) is 5.08. The van der Waals surface area contributed by atoms with E-state index in [1.54, 1.807) is 15.6 Å². The Bertz CT molecular complexity index is 773. The van der Waals surface area contributed by atoms with E-state index in [1.165, 1.54) is 6.20 Å². The van der Waals surface area contributed by atoms with Crippen molar-refractivity contribution in [3.63, 3.8) is 0 Å². The average Bonchev–Trinajstić information content (AvgIpc) is 3.08. The number of fused-ring (bicyclic) bond motifs is 1. The summed E-state index contributed by atoms with van der Waals surface area (Å²) < 4.78 is 1.63. The van der Waals surface area contributed by atoms with Gasteiger partial charge < -0.3 is 15.1 Å². The molecule has 1 unspecified atom stereocenters. The van der Waals surface area contributed by atoms with Crippen LogP contribution in [-0.4, -0.2) is 78.9 Å². The summed E-state index contributed by atoms with van der Waals surface area (Å²) in [7, 11) is 0. The fourth-order valence-electron chi connectivity index (χ4n) is 3.44. The molecule has 0 saturated carbocycles. The number of likely N-dealkylation sites (tertiary alicyclic amines) is 1. The molecule has 0 radical (unpaired) electrons. The van der Waals surface area contributed by atoms with Gasteiger partial charge in [-0.1, -0.05) is 13.8 Å². The number of carbonyl (C=O) groups is 1. The van der Waals surface area contributed by atoms with Crippen molar-refractivity contribution < 1.29 is 15.0 Å². The Kier molecular flexibility index (Phi) is 5.55. The number of hydrogen-bond donors (Lipinski definition) is 2. The number of aromatic nitrogens is 3. The first-order valence-electron chi connectivity index (χ1n) is 9.16. The summed E-state index contributed by atoms with van der Waals surface area (Å²) >= 11 is 0. The fourth-order valence-corrected chi connectivity index (χ4v) is 3.44. The Hall–Kier alpha value is -2.03. The first-order chi connectivity index (χ1) is 12.5. The van der Waals surface area contributed by atoms with E-state index in [0.29, 0.717) is 30.6 Å². The van der Waals surface area contributed by atoms with Gasteiger partial charge in [0.2, 0.25) is 0 Å². The lowest BCUT2D eigenvalue weighted by Crippen LogP contribution is -2.52. The van der Waals surface area contributed by atoms with Gasteiger partial charge in [0.25, 0.3) is 5.91 Å². The van der Waals surface area contributed by atoms with Gasteiger partial charge in [0.15, 0.2) is 5.65 Å². The van der Waals surface area contributed by atoms with Crippen molar-refractivity contribution in [2.24, 2.45) is 0 Å². The highest BCUT2D eigenvalue weighted by Crippen LogP contribution is 2.23. The molecule has 3 heterocycles. The highest BCUT2D eigenvalue weighted by Gasteiger charge is 2.35. The fraction of sp³-hybridized carbons (Fsp3) is 0.611. The van der Waals surface area contributed by atoms with Crippen LogP contribution < -0.4 is 0 Å². The lowest BCUT2D eigenvalue weighted by molar-refractivity contribution is -0.0598. The van der Waals surface area contributed by atoms with Gasteiger partial charge >= 0.3 is 0 Å². The van der Waals surface area contributed by atoms with Crippen molar-refractivity contribution in [2.75, 3.05) is 32.8 Å². The molecule has 0 bridgehead atoms. The Morgan fingerprint density at radius 2 is 2.12 bits per heavy atom. The van der Waals surface area contributed by atoms with Gasteiger partial charge in [0, 0.05) is 31.0 Å². The van der Waals surface area contributed by atoms with Crippen molar-refractivity contribution >= 4 is 11.6 Å². The number of hydrogen-bond acceptors (Lipinski definition) is 6. The van der Waals surface area contributed by atoms with E-state index in [4.69, 9.17) is 0 Å². The molecular formula is C18H27N5O3. The smallest absolute Gasteiger partial charge is 0.259 e. The SMILES string of the molecule is CCN(CC)Cc1cnc2c(C(=O)N3CCCC(O)(CO)C3)cnn2c1. The van der Waals surface area contributed by atoms with Gasteiger partial charge in [-0.25, -0.2) is 9.50 Å². The van der Waals surface area contributed by atoms with Crippen LogP contribution in [0.2, 0.25) is 0 Å². The molecule has 0 aromatic carbocycles. The van der Waals surface area contributed by atoms with Crippen molar-refractivity contribution in [1.82, 2.24) is 24.4 Å². The molecular weight excluding hydrogens is 334 g/mol. The Labute approximate surface area is 153 Å². The van der Waals surface area contributed by atoms with Gasteiger partial charge in [0.1, 0.15) is 11.2 Å². The predicted molar refractivity (Wildman–Crippen MR) is 96.8 cm³/mol. The summed E-state index contributed by atoms with van der Waals surface area (Å²) in [4.78, 5) is 21.2. The molecule has 1 aliphatic heterocycles. The van der Waals surface area contributed by atoms with E-state index in [0.717, 1.165) is 25.2 Å². The molecule has 1 amide bonds. The second-order valence-electron chi connectivity index (χ2n) is 6.96. The average molecular weight is 361 g/mol. The van der Waals surface area contributed by atoms with Crippen LogP contribution in [0.15, 0.2) is 18.6 Å². The maximum absolute atomic E-state index is 12.9.